The molecular formula is C48H33N3O. The number of hydrogen-bond donors (Lipinski definition) is 0. The topological polar surface area (TPSA) is 51.8 Å². The van der Waals surface area contributed by atoms with E-state index in [2.05, 4.69) is 129 Å². The van der Waals surface area contributed by atoms with Gasteiger partial charge in [-0.05, 0) is 74.8 Å². The first kappa shape index (κ1) is 30.2. The van der Waals surface area contributed by atoms with Crippen molar-refractivity contribution in [2.75, 3.05) is 0 Å². The second kappa shape index (κ2) is 11.7. The lowest BCUT2D eigenvalue weighted by atomic mass is 9.81. The van der Waals surface area contributed by atoms with E-state index in [0.29, 0.717) is 17.5 Å². The predicted octanol–water partition coefficient (Wildman–Crippen LogP) is 12.4. The van der Waals surface area contributed by atoms with Crippen molar-refractivity contribution in [2.45, 2.75) is 19.3 Å². The molecule has 2 aromatic heterocycles. The van der Waals surface area contributed by atoms with Crippen molar-refractivity contribution in [1.29, 1.82) is 0 Å². The zero-order chi connectivity index (χ0) is 34.8. The number of nitrogens with zero attached hydrogens (tertiary/aromatic N) is 3. The molecule has 246 valence electrons. The maximum absolute atomic E-state index is 6.58. The molecule has 9 aromatic rings. The van der Waals surface area contributed by atoms with Gasteiger partial charge in [0.15, 0.2) is 17.5 Å². The highest BCUT2D eigenvalue weighted by Crippen LogP contribution is 2.50. The number of benzene rings is 7. The first-order chi connectivity index (χ1) is 25.5. The molecule has 0 fully saturated rings. The van der Waals surface area contributed by atoms with E-state index in [1.54, 1.807) is 0 Å². The van der Waals surface area contributed by atoms with E-state index in [1.807, 2.05) is 48.5 Å². The number of para-hydroxylation sites is 1. The molecule has 7 aromatic carbocycles. The summed E-state index contributed by atoms with van der Waals surface area (Å²) in [4.78, 5) is 15.3. The highest BCUT2D eigenvalue weighted by atomic mass is 16.3. The fourth-order valence-corrected chi connectivity index (χ4v) is 7.90. The van der Waals surface area contributed by atoms with Gasteiger partial charge in [0.25, 0.3) is 0 Å². The molecule has 0 saturated heterocycles. The second-order valence-electron chi connectivity index (χ2n) is 14.0. The first-order valence-electron chi connectivity index (χ1n) is 17.7. The Bertz CT molecular complexity index is 2820. The quantitative estimate of drug-likeness (QED) is 0.183. The van der Waals surface area contributed by atoms with Crippen LogP contribution in [0.1, 0.15) is 25.0 Å². The molecule has 52 heavy (non-hydrogen) atoms. The Labute approximate surface area is 302 Å². The average molecular weight is 668 g/mol. The Balaban J connectivity index is 1.20. The Morgan fingerprint density at radius 2 is 1.00 bits per heavy atom. The summed E-state index contributed by atoms with van der Waals surface area (Å²) in [5.74, 6) is 1.82. The van der Waals surface area contributed by atoms with Crippen LogP contribution in [0.25, 0.3) is 89.5 Å². The highest BCUT2D eigenvalue weighted by molar-refractivity contribution is 6.13. The molecule has 1 aliphatic carbocycles. The zero-order valence-electron chi connectivity index (χ0n) is 28.8. The minimum atomic E-state index is -0.126. The summed E-state index contributed by atoms with van der Waals surface area (Å²) in [6.45, 7) is 4.65. The molecule has 0 atom stereocenters. The van der Waals surface area contributed by atoms with Crippen molar-refractivity contribution >= 4 is 21.9 Å². The van der Waals surface area contributed by atoms with Gasteiger partial charge in [-0.1, -0.05) is 147 Å². The predicted molar refractivity (Wildman–Crippen MR) is 212 cm³/mol. The van der Waals surface area contributed by atoms with Gasteiger partial charge < -0.3 is 4.42 Å². The van der Waals surface area contributed by atoms with Crippen LogP contribution in [0, 0.1) is 0 Å². The van der Waals surface area contributed by atoms with E-state index >= 15 is 0 Å². The van der Waals surface area contributed by atoms with Gasteiger partial charge in [-0.3, -0.25) is 0 Å². The summed E-state index contributed by atoms with van der Waals surface area (Å²) in [6.07, 6.45) is 0. The van der Waals surface area contributed by atoms with Crippen LogP contribution >= 0.6 is 0 Å². The molecule has 0 bridgehead atoms. The van der Waals surface area contributed by atoms with Crippen LogP contribution in [0.3, 0.4) is 0 Å². The number of furan rings is 1. The summed E-state index contributed by atoms with van der Waals surface area (Å²) in [6, 6.07) is 57.2. The van der Waals surface area contributed by atoms with Crippen molar-refractivity contribution in [3.8, 4) is 67.5 Å². The molecule has 0 N–H and O–H groups in total. The summed E-state index contributed by atoms with van der Waals surface area (Å²) < 4.78 is 6.58. The Morgan fingerprint density at radius 3 is 1.81 bits per heavy atom. The third kappa shape index (κ3) is 4.87. The Morgan fingerprint density at radius 1 is 0.385 bits per heavy atom. The molecule has 4 nitrogen and oxygen atoms in total. The minimum Gasteiger partial charge on any atom is -0.456 e. The smallest absolute Gasteiger partial charge is 0.164 e. The highest BCUT2D eigenvalue weighted by Gasteiger charge is 2.35. The summed E-state index contributed by atoms with van der Waals surface area (Å²) in [5, 5.41) is 2.17. The lowest BCUT2D eigenvalue weighted by Crippen LogP contribution is -2.14. The van der Waals surface area contributed by atoms with Gasteiger partial charge in [0.2, 0.25) is 0 Å². The van der Waals surface area contributed by atoms with Gasteiger partial charge in [0.1, 0.15) is 11.2 Å². The van der Waals surface area contributed by atoms with Gasteiger partial charge in [-0.25, -0.2) is 15.0 Å². The molecule has 0 radical (unpaired) electrons. The Kier molecular flexibility index (Phi) is 6.80. The van der Waals surface area contributed by atoms with Gasteiger partial charge in [-0.2, -0.15) is 0 Å². The van der Waals surface area contributed by atoms with Crippen LogP contribution in [0.2, 0.25) is 0 Å². The largest absolute Gasteiger partial charge is 0.456 e. The monoisotopic (exact) mass is 667 g/mol. The summed E-state index contributed by atoms with van der Waals surface area (Å²) >= 11 is 0. The fraction of sp³-hybridized carbons (Fsp3) is 0.0625. The van der Waals surface area contributed by atoms with Gasteiger partial charge in [0.05, 0.1) is 0 Å². The molecule has 4 heteroatoms. The third-order valence-corrected chi connectivity index (χ3v) is 10.5. The van der Waals surface area contributed by atoms with Gasteiger partial charge in [0, 0.05) is 32.9 Å². The van der Waals surface area contributed by atoms with Crippen LogP contribution in [-0.2, 0) is 5.41 Å². The van der Waals surface area contributed by atoms with Crippen LogP contribution in [0.15, 0.2) is 168 Å². The van der Waals surface area contributed by atoms with E-state index < -0.39 is 0 Å². The van der Waals surface area contributed by atoms with Crippen LogP contribution in [-0.4, -0.2) is 15.0 Å². The van der Waals surface area contributed by atoms with E-state index in [9.17, 15) is 0 Å². The number of hydrogen-bond acceptors (Lipinski definition) is 4. The van der Waals surface area contributed by atoms with Crippen molar-refractivity contribution in [2.24, 2.45) is 0 Å². The molecule has 1 aliphatic rings. The van der Waals surface area contributed by atoms with Crippen molar-refractivity contribution in [3.63, 3.8) is 0 Å². The van der Waals surface area contributed by atoms with Gasteiger partial charge in [-0.15, -0.1) is 0 Å². The maximum Gasteiger partial charge on any atom is 0.164 e. The molecule has 0 amide bonds. The molecule has 0 unspecified atom stereocenters. The van der Waals surface area contributed by atoms with E-state index in [-0.39, 0.29) is 5.41 Å². The van der Waals surface area contributed by atoms with E-state index in [0.717, 1.165) is 60.9 Å². The normalized spacial score (nSPS) is 13.0. The third-order valence-electron chi connectivity index (χ3n) is 10.5. The molecule has 0 aliphatic heterocycles. The van der Waals surface area contributed by atoms with Crippen LogP contribution in [0.5, 0.6) is 0 Å². The van der Waals surface area contributed by atoms with E-state index in [4.69, 9.17) is 19.4 Å². The fourth-order valence-electron chi connectivity index (χ4n) is 7.90. The number of aromatic nitrogens is 3. The van der Waals surface area contributed by atoms with Gasteiger partial charge >= 0.3 is 0 Å². The summed E-state index contributed by atoms with van der Waals surface area (Å²) in [7, 11) is 0. The lowest BCUT2D eigenvalue weighted by molar-refractivity contribution is 0.660. The Hall–Kier alpha value is -6.65. The first-order valence-corrected chi connectivity index (χ1v) is 17.7. The molecular weight excluding hydrogens is 635 g/mol. The minimum absolute atomic E-state index is 0.126. The molecule has 0 saturated carbocycles. The number of rotatable bonds is 5. The number of fused-ring (bicyclic) bond motifs is 6. The maximum atomic E-state index is 6.58. The molecule has 2 heterocycles. The standard InChI is InChI=1S/C48H33N3O/c1-48(2)40-22-11-9-20-36(40)37-25-24-33(28-41(37)48)39-27-35(29-43-44(39)38-21-10-12-23-42(38)52-43)47-50-45(31-16-7-4-8-17-31)49-46(51-47)34-19-13-18-32(26-34)30-14-5-3-6-15-30/h3-29H,1-2H3. The zero-order valence-corrected chi connectivity index (χ0v) is 28.8. The lowest BCUT2D eigenvalue weighted by Gasteiger charge is -2.22. The van der Waals surface area contributed by atoms with E-state index in [1.165, 1.54) is 22.3 Å². The molecule has 0 spiro atoms. The van der Waals surface area contributed by atoms with Crippen LogP contribution < -0.4 is 0 Å². The molecule has 10 rings (SSSR count). The average Bonchev–Trinajstić information content (AvgIpc) is 3.70. The van der Waals surface area contributed by atoms with Crippen molar-refractivity contribution in [3.05, 3.63) is 175 Å². The second-order valence-corrected chi connectivity index (χ2v) is 14.0. The summed E-state index contributed by atoms with van der Waals surface area (Å²) in [5.41, 5.74) is 14.0. The SMILES string of the molecule is CC1(C)c2ccccc2-c2ccc(-c3cc(-c4nc(-c5ccccc5)nc(-c5cccc(-c6ccccc6)c5)n4)cc4oc5ccccc5c34)cc21. The van der Waals surface area contributed by atoms with Crippen LogP contribution in [0.4, 0.5) is 0 Å². The van der Waals surface area contributed by atoms with Crippen molar-refractivity contribution in [1.82, 2.24) is 15.0 Å². The van der Waals surface area contributed by atoms with Crippen molar-refractivity contribution < 1.29 is 4.42 Å².